The van der Waals surface area contributed by atoms with Gasteiger partial charge in [0.05, 0.1) is 0 Å². The van der Waals surface area contributed by atoms with Crippen LogP contribution in [0.5, 0.6) is 0 Å². The number of likely N-dealkylation sites (N-methyl/N-ethyl adjacent to an activating group) is 1. The van der Waals surface area contributed by atoms with Gasteiger partial charge in [0, 0.05) is 23.9 Å². The molecule has 1 heterocycles. The van der Waals surface area contributed by atoms with Crippen LogP contribution >= 0.6 is 11.8 Å². The third-order valence-electron chi connectivity index (χ3n) is 3.66. The molecular formula is C14H27N3OS. The molecular weight excluding hydrogens is 258 g/mol. The van der Waals surface area contributed by atoms with E-state index in [2.05, 4.69) is 23.5 Å². The first kappa shape index (κ1) is 16.5. The summed E-state index contributed by atoms with van der Waals surface area (Å²) in [6, 6.07) is 0. The van der Waals surface area contributed by atoms with Crippen LogP contribution in [0.4, 0.5) is 0 Å². The lowest BCUT2D eigenvalue weighted by atomic mass is 9.96. The summed E-state index contributed by atoms with van der Waals surface area (Å²) in [4.78, 5) is 16.1. The number of amides is 1. The van der Waals surface area contributed by atoms with E-state index in [0.29, 0.717) is 0 Å². The molecule has 0 bridgehead atoms. The lowest BCUT2D eigenvalue weighted by molar-refractivity contribution is -0.116. The highest BCUT2D eigenvalue weighted by atomic mass is 32.2. The number of nitrogens with zero attached hydrogens (tertiary/aromatic N) is 2. The molecule has 0 atom stereocenters. The second kappa shape index (κ2) is 7.92. The zero-order valence-corrected chi connectivity index (χ0v) is 13.4. The molecule has 0 aromatic heterocycles. The van der Waals surface area contributed by atoms with Crippen molar-refractivity contribution in [3.63, 3.8) is 0 Å². The summed E-state index contributed by atoms with van der Waals surface area (Å²) in [6.45, 7) is 3.80. The summed E-state index contributed by atoms with van der Waals surface area (Å²) in [5, 5.41) is 3.05. The van der Waals surface area contributed by atoms with Crippen molar-refractivity contribution in [1.82, 2.24) is 15.1 Å². The Hall–Kier alpha value is -0.520. The molecule has 1 aliphatic heterocycles. The molecule has 0 aromatic rings. The van der Waals surface area contributed by atoms with Crippen molar-refractivity contribution in [2.24, 2.45) is 0 Å². The number of carbonyl (C=O) groups is 1. The average Bonchev–Trinajstić information content (AvgIpc) is 2.38. The predicted molar refractivity (Wildman–Crippen MR) is 83.7 cm³/mol. The standard InChI is InChI=1S/C14H27N3OS/c1-16(2)9-5-6-13(18)15-12-14(19-4)7-10-17(3)11-8-14/h5-6H,7-12H2,1-4H3,(H,15,18)/b6-5+. The molecule has 1 saturated heterocycles. The van der Waals surface area contributed by atoms with Crippen LogP contribution in [0.2, 0.25) is 0 Å². The predicted octanol–water partition coefficient (Wildman–Crippen LogP) is 1.05. The van der Waals surface area contributed by atoms with Crippen molar-refractivity contribution in [3.05, 3.63) is 12.2 Å². The molecule has 4 nitrogen and oxygen atoms in total. The van der Waals surface area contributed by atoms with Crippen molar-refractivity contribution in [2.75, 3.05) is 53.6 Å². The molecule has 1 rings (SSSR count). The maximum Gasteiger partial charge on any atom is 0.243 e. The van der Waals surface area contributed by atoms with E-state index >= 15 is 0 Å². The first-order chi connectivity index (χ1) is 8.97. The van der Waals surface area contributed by atoms with Gasteiger partial charge in [-0.15, -0.1) is 0 Å². The van der Waals surface area contributed by atoms with Crippen LogP contribution in [0, 0.1) is 0 Å². The fraction of sp³-hybridized carbons (Fsp3) is 0.786. The SMILES string of the molecule is CSC1(CNC(=O)/C=C/CN(C)C)CCN(C)CC1. The van der Waals surface area contributed by atoms with Gasteiger partial charge in [-0.2, -0.15) is 11.8 Å². The molecule has 5 heteroatoms. The van der Waals surface area contributed by atoms with Crippen molar-refractivity contribution >= 4 is 17.7 Å². The van der Waals surface area contributed by atoms with E-state index in [1.807, 2.05) is 36.8 Å². The fourth-order valence-electron chi connectivity index (χ4n) is 2.16. The number of hydrogen-bond donors (Lipinski definition) is 1. The second-order valence-corrected chi connectivity index (χ2v) is 6.85. The molecule has 0 spiro atoms. The maximum atomic E-state index is 11.8. The van der Waals surface area contributed by atoms with Crippen molar-refractivity contribution in [2.45, 2.75) is 17.6 Å². The molecule has 0 radical (unpaired) electrons. The van der Waals surface area contributed by atoms with Crippen LogP contribution in [0.25, 0.3) is 0 Å². The Morgan fingerprint density at radius 3 is 2.58 bits per heavy atom. The summed E-state index contributed by atoms with van der Waals surface area (Å²) in [7, 11) is 6.14. The van der Waals surface area contributed by atoms with Crippen molar-refractivity contribution in [3.8, 4) is 0 Å². The minimum atomic E-state index is 0.0224. The number of piperidine rings is 1. The number of thioether (sulfide) groups is 1. The Bertz CT molecular complexity index is 310. The Balaban J connectivity index is 2.37. The van der Waals surface area contributed by atoms with E-state index in [4.69, 9.17) is 0 Å². The van der Waals surface area contributed by atoms with Gasteiger partial charge < -0.3 is 15.1 Å². The van der Waals surface area contributed by atoms with E-state index in [1.165, 1.54) is 0 Å². The maximum absolute atomic E-state index is 11.8. The number of carbonyl (C=O) groups excluding carboxylic acids is 1. The van der Waals surface area contributed by atoms with Gasteiger partial charge in [0.1, 0.15) is 0 Å². The highest BCUT2D eigenvalue weighted by Crippen LogP contribution is 2.33. The van der Waals surface area contributed by atoms with Gasteiger partial charge in [-0.3, -0.25) is 4.79 Å². The molecule has 1 amide bonds. The molecule has 1 N–H and O–H groups in total. The molecule has 0 aromatic carbocycles. The van der Waals surface area contributed by atoms with E-state index in [0.717, 1.165) is 39.0 Å². The Labute approximate surface area is 121 Å². The topological polar surface area (TPSA) is 35.6 Å². The molecule has 110 valence electrons. The van der Waals surface area contributed by atoms with E-state index in [1.54, 1.807) is 6.08 Å². The van der Waals surface area contributed by atoms with Crippen LogP contribution in [0.15, 0.2) is 12.2 Å². The minimum Gasteiger partial charge on any atom is -0.351 e. The Morgan fingerprint density at radius 1 is 1.42 bits per heavy atom. The third kappa shape index (κ3) is 5.97. The number of rotatable bonds is 6. The van der Waals surface area contributed by atoms with Gasteiger partial charge in [0.15, 0.2) is 0 Å². The smallest absolute Gasteiger partial charge is 0.243 e. The summed E-state index contributed by atoms with van der Waals surface area (Å²) < 4.78 is 0.220. The van der Waals surface area contributed by atoms with Crippen LogP contribution in [-0.2, 0) is 4.79 Å². The molecule has 1 aliphatic rings. The normalized spacial score (nSPS) is 20.1. The lowest BCUT2D eigenvalue weighted by Gasteiger charge is -2.39. The monoisotopic (exact) mass is 285 g/mol. The minimum absolute atomic E-state index is 0.0224. The van der Waals surface area contributed by atoms with Gasteiger partial charge in [-0.05, 0) is 53.3 Å². The van der Waals surface area contributed by atoms with Crippen LogP contribution < -0.4 is 5.32 Å². The van der Waals surface area contributed by atoms with Gasteiger partial charge in [-0.25, -0.2) is 0 Å². The molecule has 19 heavy (non-hydrogen) atoms. The quantitative estimate of drug-likeness (QED) is 0.740. The van der Waals surface area contributed by atoms with Crippen molar-refractivity contribution < 1.29 is 4.79 Å². The van der Waals surface area contributed by atoms with E-state index < -0.39 is 0 Å². The number of likely N-dealkylation sites (tertiary alicyclic amines) is 1. The van der Waals surface area contributed by atoms with Gasteiger partial charge in [0.25, 0.3) is 0 Å². The third-order valence-corrected chi connectivity index (χ3v) is 5.07. The first-order valence-electron chi connectivity index (χ1n) is 6.80. The largest absolute Gasteiger partial charge is 0.351 e. The summed E-state index contributed by atoms with van der Waals surface area (Å²) in [6.07, 6.45) is 7.98. The average molecular weight is 285 g/mol. The summed E-state index contributed by atoms with van der Waals surface area (Å²) in [5.74, 6) is 0.0224. The van der Waals surface area contributed by atoms with Crippen molar-refractivity contribution in [1.29, 1.82) is 0 Å². The zero-order chi connectivity index (χ0) is 14.3. The highest BCUT2D eigenvalue weighted by molar-refractivity contribution is 8.00. The van der Waals surface area contributed by atoms with E-state index in [9.17, 15) is 4.79 Å². The lowest BCUT2D eigenvalue weighted by Crippen LogP contribution is -2.47. The Kier molecular flexibility index (Phi) is 6.89. The van der Waals surface area contributed by atoms with Gasteiger partial charge >= 0.3 is 0 Å². The van der Waals surface area contributed by atoms with Crippen LogP contribution in [0.3, 0.4) is 0 Å². The molecule has 1 fully saturated rings. The Morgan fingerprint density at radius 2 is 2.05 bits per heavy atom. The fourth-order valence-corrected chi connectivity index (χ4v) is 2.96. The molecule has 0 saturated carbocycles. The summed E-state index contributed by atoms with van der Waals surface area (Å²) >= 11 is 1.89. The first-order valence-corrected chi connectivity index (χ1v) is 8.03. The molecule has 0 aliphatic carbocycles. The number of hydrogen-bond acceptors (Lipinski definition) is 4. The second-order valence-electron chi connectivity index (χ2n) is 5.57. The summed E-state index contributed by atoms with van der Waals surface area (Å²) in [5.41, 5.74) is 0. The van der Waals surface area contributed by atoms with Gasteiger partial charge in [0.2, 0.25) is 5.91 Å². The van der Waals surface area contributed by atoms with E-state index in [-0.39, 0.29) is 10.7 Å². The van der Waals surface area contributed by atoms with Crippen LogP contribution in [-0.4, -0.2) is 74.0 Å². The van der Waals surface area contributed by atoms with Crippen LogP contribution in [0.1, 0.15) is 12.8 Å². The highest BCUT2D eigenvalue weighted by Gasteiger charge is 2.32. The van der Waals surface area contributed by atoms with Gasteiger partial charge in [-0.1, -0.05) is 6.08 Å². The molecule has 0 unspecified atom stereocenters. The zero-order valence-electron chi connectivity index (χ0n) is 12.6. The number of nitrogens with one attached hydrogen (secondary N) is 1.